The Hall–Kier alpha value is -4.77. The van der Waals surface area contributed by atoms with E-state index in [1.807, 2.05) is 0 Å². The second-order valence-corrected chi connectivity index (χ2v) is 17.6. The van der Waals surface area contributed by atoms with Crippen molar-refractivity contribution >= 4 is 58.2 Å². The van der Waals surface area contributed by atoms with Gasteiger partial charge in [0.25, 0.3) is 5.91 Å². The van der Waals surface area contributed by atoms with Gasteiger partial charge in [0, 0.05) is 30.4 Å². The molecule has 2 aromatic heterocycles. The number of hydrogen-bond donors (Lipinski definition) is 7. The van der Waals surface area contributed by atoms with Crippen molar-refractivity contribution in [2.75, 3.05) is 58.7 Å². The molecule has 1 aliphatic rings. The summed E-state index contributed by atoms with van der Waals surface area (Å²) in [6.07, 6.45) is 10.0. The van der Waals surface area contributed by atoms with Crippen molar-refractivity contribution < 1.29 is 84.4 Å². The Balaban J connectivity index is 1.38. The quantitative estimate of drug-likeness (QED) is 0.0211. The fraction of sp³-hybridized carbons (Fsp3) is 0.405. The lowest BCUT2D eigenvalue weighted by atomic mass is 10.2. The minimum atomic E-state index is -5.78. The molecule has 27 heteroatoms. The van der Waals surface area contributed by atoms with E-state index >= 15 is 0 Å². The zero-order chi connectivity index (χ0) is 46.8. The van der Waals surface area contributed by atoms with Crippen LogP contribution in [-0.2, 0) is 55.3 Å². The van der Waals surface area contributed by atoms with Gasteiger partial charge in [-0.05, 0) is 24.6 Å². The molecule has 352 valence electrons. The van der Waals surface area contributed by atoms with Crippen LogP contribution in [0.1, 0.15) is 54.8 Å². The molecule has 4 rings (SSSR count). The number of nitrogens with one attached hydrogen (secondary N) is 2. The number of nitrogen functional groups attached to an aromatic ring is 1. The van der Waals surface area contributed by atoms with E-state index < -0.39 is 55.1 Å². The number of ether oxygens (including phenoxy) is 6. The zero-order valence-electron chi connectivity index (χ0n) is 34.6. The molecule has 3 heterocycles. The predicted molar refractivity (Wildman–Crippen MR) is 227 cm³/mol. The van der Waals surface area contributed by atoms with Gasteiger partial charge in [-0.15, -0.1) is 13.2 Å². The van der Waals surface area contributed by atoms with Crippen molar-refractivity contribution in [3.8, 4) is 5.75 Å². The standard InChI is InChI=1S/C37H51N6O18P3/c1-4-7-8-14-40-37(45)26-11-9-13-28(18-26)55-23-33(54-17-6-3)56-22-31(44)39-15-10-12-27-20-43(36-34(27)35(38)41-24-42-36)32-19-29(57-25-53-16-5-2)30(59-32)21-58-63(49,50)61-64(51,52)60-62(46,47)48/h5-6,9-13,18,20,24,32-33H,2-4,7-8,14-17,19,21-23,25H2,1H3,(H,39,44)(H,40,45)(H,49,50)(H,51,52)(H2,38,41,42)(H2,46,47,48)/b12-10+/t32-,33?/m1/s1. The predicted octanol–water partition coefficient (Wildman–Crippen LogP) is 4.34. The van der Waals surface area contributed by atoms with Gasteiger partial charge in [0.05, 0.1) is 25.0 Å². The van der Waals surface area contributed by atoms with Crippen LogP contribution in [0.5, 0.6) is 5.75 Å². The van der Waals surface area contributed by atoms with E-state index in [4.69, 9.17) is 48.5 Å². The maximum atomic E-state index is 12.8. The number of rotatable bonds is 30. The van der Waals surface area contributed by atoms with Crippen molar-refractivity contribution in [3.63, 3.8) is 0 Å². The molecule has 1 aromatic carbocycles. The highest BCUT2D eigenvalue weighted by Crippen LogP contribution is 2.66. The molecule has 4 atom stereocenters. The third-order valence-electron chi connectivity index (χ3n) is 8.32. The molecule has 8 N–H and O–H groups in total. The van der Waals surface area contributed by atoms with Gasteiger partial charge in [0.1, 0.15) is 49.1 Å². The topological polar surface area (TPSA) is 330 Å². The van der Waals surface area contributed by atoms with Crippen molar-refractivity contribution in [3.05, 3.63) is 90.8 Å². The van der Waals surface area contributed by atoms with E-state index in [2.05, 4.69) is 49.3 Å². The van der Waals surface area contributed by atoms with Crippen LogP contribution in [0.25, 0.3) is 17.1 Å². The monoisotopic (exact) mass is 960 g/mol. The number of phosphoric ester groups is 1. The van der Waals surface area contributed by atoms with Gasteiger partial charge in [0.2, 0.25) is 5.91 Å². The Morgan fingerprint density at radius 3 is 2.55 bits per heavy atom. The second-order valence-electron chi connectivity index (χ2n) is 13.2. The smallest absolute Gasteiger partial charge is 0.488 e. The van der Waals surface area contributed by atoms with Crippen molar-refractivity contribution in [2.45, 2.75) is 45.1 Å². The SMILES string of the molecule is C=CCOCOC1=C(COP(=O)(O)OP(=O)(O)OP(=O)(O)O)O[C@@H](n2cc(/C=C/CNC(=O)COC(COc3cccc(C(=O)NCCCCC)c3)OCC=C)c3c(N)ncnc32)C1. The van der Waals surface area contributed by atoms with Gasteiger partial charge in [-0.2, -0.15) is 8.62 Å². The summed E-state index contributed by atoms with van der Waals surface area (Å²) >= 11 is 0. The van der Waals surface area contributed by atoms with Crippen LogP contribution in [0, 0.1) is 0 Å². The molecular formula is C37H51N6O18P3. The molecule has 0 saturated carbocycles. The van der Waals surface area contributed by atoms with E-state index in [0.717, 1.165) is 19.3 Å². The summed E-state index contributed by atoms with van der Waals surface area (Å²) in [6.45, 7) is 8.37. The average Bonchev–Trinajstić information content (AvgIpc) is 3.82. The number of hydrogen-bond acceptors (Lipinski definition) is 17. The van der Waals surface area contributed by atoms with Gasteiger partial charge in [0.15, 0.2) is 25.1 Å². The Kier molecular flexibility index (Phi) is 20.3. The molecule has 64 heavy (non-hydrogen) atoms. The highest BCUT2D eigenvalue weighted by molar-refractivity contribution is 7.66. The van der Waals surface area contributed by atoms with Gasteiger partial charge in [-0.1, -0.05) is 50.1 Å². The Morgan fingerprint density at radius 1 is 1.03 bits per heavy atom. The number of aromatic nitrogens is 3. The van der Waals surface area contributed by atoms with Crippen LogP contribution in [0.2, 0.25) is 0 Å². The first-order valence-electron chi connectivity index (χ1n) is 19.3. The van der Waals surface area contributed by atoms with Crippen LogP contribution in [0.4, 0.5) is 5.82 Å². The Morgan fingerprint density at radius 2 is 1.81 bits per heavy atom. The van der Waals surface area contributed by atoms with Crippen molar-refractivity contribution in [2.24, 2.45) is 0 Å². The first kappa shape index (κ1) is 51.9. The largest absolute Gasteiger partial charge is 0.490 e. The van der Waals surface area contributed by atoms with Crippen LogP contribution < -0.4 is 21.1 Å². The minimum absolute atomic E-state index is 0.0410. The number of nitrogens with two attached hydrogens (primary N) is 1. The fourth-order valence-electron chi connectivity index (χ4n) is 5.59. The molecule has 3 unspecified atom stereocenters. The van der Waals surface area contributed by atoms with Gasteiger partial charge >= 0.3 is 23.5 Å². The minimum Gasteiger partial charge on any atom is -0.488 e. The molecule has 0 bridgehead atoms. The maximum absolute atomic E-state index is 12.8. The summed E-state index contributed by atoms with van der Waals surface area (Å²) in [5.74, 6) is -0.349. The van der Waals surface area contributed by atoms with Crippen LogP contribution in [0.3, 0.4) is 0 Å². The molecule has 0 radical (unpaired) electrons. The third kappa shape index (κ3) is 17.3. The molecular weight excluding hydrogens is 909 g/mol. The summed E-state index contributed by atoms with van der Waals surface area (Å²) < 4.78 is 83.2. The molecule has 0 saturated heterocycles. The van der Waals surface area contributed by atoms with E-state index in [-0.39, 0.29) is 68.5 Å². The highest BCUT2D eigenvalue weighted by atomic mass is 31.3. The molecule has 3 aromatic rings. The van der Waals surface area contributed by atoms with E-state index in [1.54, 1.807) is 47.2 Å². The molecule has 2 amide bonds. The molecule has 1 aliphatic heterocycles. The number of carbonyl (C=O) groups excluding carboxylic acids is 2. The summed E-state index contributed by atoms with van der Waals surface area (Å²) in [5, 5.41) is 5.99. The number of amides is 2. The van der Waals surface area contributed by atoms with Crippen LogP contribution in [0.15, 0.2) is 79.7 Å². The Labute approximate surface area is 367 Å². The third-order valence-corrected chi connectivity index (χ3v) is 12.1. The van der Waals surface area contributed by atoms with Gasteiger partial charge < -0.3 is 64.4 Å². The summed E-state index contributed by atoms with van der Waals surface area (Å²) in [7, 11) is -16.9. The highest BCUT2D eigenvalue weighted by Gasteiger charge is 2.41. The zero-order valence-corrected chi connectivity index (χ0v) is 37.3. The number of phosphoric acid groups is 3. The normalized spacial score (nSPS) is 16.5. The van der Waals surface area contributed by atoms with E-state index in [1.165, 1.54) is 18.5 Å². The van der Waals surface area contributed by atoms with Crippen LogP contribution >= 0.6 is 23.5 Å². The number of fused-ring (bicyclic) bond motifs is 1. The van der Waals surface area contributed by atoms with Crippen molar-refractivity contribution in [1.29, 1.82) is 0 Å². The lowest BCUT2D eigenvalue weighted by Crippen LogP contribution is -2.33. The first-order chi connectivity index (χ1) is 30.4. The number of benzene rings is 1. The fourth-order valence-corrected chi connectivity index (χ4v) is 8.57. The number of nitrogens with zero attached hydrogens (tertiary/aromatic N) is 3. The lowest BCUT2D eigenvalue weighted by Gasteiger charge is -2.18. The molecule has 0 fully saturated rings. The van der Waals surface area contributed by atoms with Crippen LogP contribution in [-0.4, -0.2) is 105 Å². The molecule has 0 spiro atoms. The van der Waals surface area contributed by atoms with E-state index in [9.17, 15) is 33.1 Å². The lowest BCUT2D eigenvalue weighted by molar-refractivity contribution is -0.162. The number of carbonyl (C=O) groups is 2. The van der Waals surface area contributed by atoms with Crippen molar-refractivity contribution in [1.82, 2.24) is 25.2 Å². The van der Waals surface area contributed by atoms with Gasteiger partial charge in [-0.25, -0.2) is 23.7 Å². The van der Waals surface area contributed by atoms with E-state index in [0.29, 0.717) is 28.8 Å². The summed E-state index contributed by atoms with van der Waals surface area (Å²) in [5.41, 5.74) is 7.45. The first-order valence-corrected chi connectivity index (χ1v) is 23.8. The number of unbranched alkanes of at least 4 members (excludes halogenated alkanes) is 2. The summed E-state index contributed by atoms with van der Waals surface area (Å²) in [6, 6.07) is 6.65. The molecule has 24 nitrogen and oxygen atoms in total. The second kappa shape index (κ2) is 25.1. The summed E-state index contributed by atoms with van der Waals surface area (Å²) in [4.78, 5) is 70.9. The average molecular weight is 961 g/mol. The van der Waals surface area contributed by atoms with Gasteiger partial charge in [-0.3, -0.25) is 18.7 Å². The number of anilines is 1. The maximum Gasteiger partial charge on any atom is 0.490 e. The molecule has 0 aliphatic carbocycles. The Bertz CT molecular complexity index is 2280.